The summed E-state index contributed by atoms with van der Waals surface area (Å²) in [4.78, 5) is 0. The summed E-state index contributed by atoms with van der Waals surface area (Å²) in [5.74, 6) is 0. The third kappa shape index (κ3) is 4.32. The zero-order valence-corrected chi connectivity index (χ0v) is 14.4. The van der Waals surface area contributed by atoms with Crippen molar-refractivity contribution in [2.24, 2.45) is 0 Å². The molecule has 1 atom stereocenters. The smallest absolute Gasteiger partial charge is 0.0410 e. The lowest BCUT2D eigenvalue weighted by molar-refractivity contribution is 0.573. The summed E-state index contributed by atoms with van der Waals surface area (Å²) in [5, 5.41) is 4.26. The van der Waals surface area contributed by atoms with Gasteiger partial charge in [0.25, 0.3) is 0 Å². The summed E-state index contributed by atoms with van der Waals surface area (Å²) in [6.45, 7) is 2.93. The second-order valence-corrected chi connectivity index (χ2v) is 6.60. The molecule has 2 aromatic rings. The van der Waals surface area contributed by atoms with Crippen molar-refractivity contribution in [1.29, 1.82) is 0 Å². The Morgan fingerprint density at radius 2 is 1.95 bits per heavy atom. The van der Waals surface area contributed by atoms with Gasteiger partial charge in [-0.05, 0) is 48.4 Å². The van der Waals surface area contributed by atoms with Gasteiger partial charge in [-0.15, -0.1) is 0 Å². The molecule has 4 heteroatoms. The van der Waals surface area contributed by atoms with Crippen LogP contribution in [0.2, 0.25) is 5.02 Å². The number of hydrogen-bond donors (Lipinski definition) is 1. The first-order valence-electron chi connectivity index (χ1n) is 5.99. The van der Waals surface area contributed by atoms with Crippen molar-refractivity contribution in [2.45, 2.75) is 19.5 Å². The predicted molar refractivity (Wildman–Crippen MR) is 88.5 cm³/mol. The van der Waals surface area contributed by atoms with Gasteiger partial charge < -0.3 is 5.32 Å². The minimum atomic E-state index is 0.281. The van der Waals surface area contributed by atoms with Crippen LogP contribution in [0.25, 0.3) is 0 Å². The molecule has 2 aromatic carbocycles. The Morgan fingerprint density at radius 1 is 1.16 bits per heavy atom. The van der Waals surface area contributed by atoms with Crippen LogP contribution in [0.1, 0.15) is 24.1 Å². The summed E-state index contributed by atoms with van der Waals surface area (Å²) in [5.41, 5.74) is 2.42. The van der Waals surface area contributed by atoms with Gasteiger partial charge >= 0.3 is 0 Å². The van der Waals surface area contributed by atoms with Crippen molar-refractivity contribution in [3.05, 3.63) is 67.6 Å². The molecular formula is C15H14Br2ClN. The first-order chi connectivity index (χ1) is 9.06. The number of rotatable bonds is 4. The van der Waals surface area contributed by atoms with E-state index in [0.717, 1.165) is 26.1 Å². The molecule has 19 heavy (non-hydrogen) atoms. The Morgan fingerprint density at radius 3 is 2.68 bits per heavy atom. The summed E-state index contributed by atoms with van der Waals surface area (Å²) in [6.07, 6.45) is 0. The van der Waals surface area contributed by atoms with E-state index in [1.807, 2.05) is 30.3 Å². The fraction of sp³-hybridized carbons (Fsp3) is 0.200. The molecule has 0 aliphatic rings. The van der Waals surface area contributed by atoms with E-state index in [0.29, 0.717) is 0 Å². The van der Waals surface area contributed by atoms with Crippen molar-refractivity contribution in [3.63, 3.8) is 0 Å². The largest absolute Gasteiger partial charge is 0.306 e. The van der Waals surface area contributed by atoms with E-state index in [1.165, 1.54) is 5.56 Å². The third-order valence-corrected chi connectivity index (χ3v) is 4.46. The number of nitrogens with one attached hydrogen (secondary N) is 1. The Labute approximate surface area is 135 Å². The number of halogens is 3. The summed E-state index contributed by atoms with van der Waals surface area (Å²) in [7, 11) is 0. The van der Waals surface area contributed by atoms with Gasteiger partial charge in [-0.3, -0.25) is 0 Å². The van der Waals surface area contributed by atoms with E-state index in [9.17, 15) is 0 Å². The van der Waals surface area contributed by atoms with E-state index >= 15 is 0 Å². The minimum absolute atomic E-state index is 0.281. The fourth-order valence-electron chi connectivity index (χ4n) is 1.84. The molecule has 0 heterocycles. The summed E-state index contributed by atoms with van der Waals surface area (Å²) < 4.78 is 2.17. The molecule has 0 radical (unpaired) electrons. The molecule has 2 rings (SSSR count). The highest BCUT2D eigenvalue weighted by Gasteiger charge is 2.07. The second kappa shape index (κ2) is 6.89. The fourth-order valence-corrected chi connectivity index (χ4v) is 2.83. The van der Waals surface area contributed by atoms with Crippen molar-refractivity contribution in [2.75, 3.05) is 0 Å². The highest BCUT2D eigenvalue weighted by Crippen LogP contribution is 2.23. The Bertz CT molecular complexity index is 572. The summed E-state index contributed by atoms with van der Waals surface area (Å²) in [6, 6.07) is 14.4. The molecule has 100 valence electrons. The van der Waals surface area contributed by atoms with Crippen LogP contribution in [0.15, 0.2) is 51.4 Å². The maximum atomic E-state index is 6.02. The van der Waals surface area contributed by atoms with Crippen molar-refractivity contribution < 1.29 is 0 Å². The topological polar surface area (TPSA) is 12.0 Å². The molecule has 0 bridgehead atoms. The maximum Gasteiger partial charge on any atom is 0.0410 e. The average Bonchev–Trinajstić information content (AvgIpc) is 2.39. The van der Waals surface area contributed by atoms with E-state index in [4.69, 9.17) is 11.6 Å². The molecule has 0 spiro atoms. The van der Waals surface area contributed by atoms with Crippen LogP contribution in [0.5, 0.6) is 0 Å². The highest BCUT2D eigenvalue weighted by atomic mass is 79.9. The van der Waals surface area contributed by atoms with Crippen LogP contribution < -0.4 is 5.32 Å². The van der Waals surface area contributed by atoms with E-state index in [1.54, 1.807) is 0 Å². The van der Waals surface area contributed by atoms with Crippen LogP contribution in [0, 0.1) is 0 Å². The van der Waals surface area contributed by atoms with Crippen LogP contribution in [-0.4, -0.2) is 0 Å². The standard InChI is InChI=1S/C15H14Br2ClN/c1-10(11-3-2-4-13(16)7-11)19-9-12-8-14(18)5-6-15(12)17/h2-8,10,19H,9H2,1H3. The number of benzene rings is 2. The van der Waals surface area contributed by atoms with E-state index in [-0.39, 0.29) is 6.04 Å². The predicted octanol–water partition coefficient (Wildman–Crippen LogP) is 5.72. The second-order valence-electron chi connectivity index (χ2n) is 4.39. The lowest BCUT2D eigenvalue weighted by Gasteiger charge is -2.15. The molecule has 1 nitrogen and oxygen atoms in total. The lowest BCUT2D eigenvalue weighted by Crippen LogP contribution is -2.18. The normalized spacial score (nSPS) is 12.4. The zero-order chi connectivity index (χ0) is 13.8. The highest BCUT2D eigenvalue weighted by molar-refractivity contribution is 9.10. The Hall–Kier alpha value is -0.350. The Kier molecular flexibility index (Phi) is 5.46. The first kappa shape index (κ1) is 15.0. The third-order valence-electron chi connectivity index (χ3n) is 2.96. The monoisotopic (exact) mass is 401 g/mol. The number of hydrogen-bond acceptors (Lipinski definition) is 1. The van der Waals surface area contributed by atoms with Gasteiger partial charge in [-0.25, -0.2) is 0 Å². The van der Waals surface area contributed by atoms with E-state index < -0.39 is 0 Å². The molecule has 1 N–H and O–H groups in total. The summed E-state index contributed by atoms with van der Waals surface area (Å²) >= 11 is 13.1. The maximum absolute atomic E-state index is 6.02. The first-order valence-corrected chi connectivity index (χ1v) is 7.95. The Balaban J connectivity index is 2.04. The van der Waals surface area contributed by atoms with Crippen LogP contribution in [-0.2, 0) is 6.54 Å². The van der Waals surface area contributed by atoms with Crippen molar-refractivity contribution >= 4 is 43.5 Å². The quantitative estimate of drug-likeness (QED) is 0.689. The molecule has 0 amide bonds. The lowest BCUT2D eigenvalue weighted by atomic mass is 10.1. The molecule has 0 saturated heterocycles. The molecular weight excluding hydrogens is 389 g/mol. The van der Waals surface area contributed by atoms with Gasteiger partial charge in [0.15, 0.2) is 0 Å². The SMILES string of the molecule is CC(NCc1cc(Cl)ccc1Br)c1cccc(Br)c1. The minimum Gasteiger partial charge on any atom is -0.306 e. The molecule has 0 saturated carbocycles. The van der Waals surface area contributed by atoms with Crippen LogP contribution in [0.4, 0.5) is 0 Å². The van der Waals surface area contributed by atoms with Crippen molar-refractivity contribution in [3.8, 4) is 0 Å². The molecule has 0 fully saturated rings. The van der Waals surface area contributed by atoms with Gasteiger partial charge in [0, 0.05) is 26.6 Å². The van der Waals surface area contributed by atoms with Gasteiger partial charge in [-0.1, -0.05) is 55.6 Å². The zero-order valence-electron chi connectivity index (χ0n) is 10.5. The van der Waals surface area contributed by atoms with Crippen molar-refractivity contribution in [1.82, 2.24) is 5.32 Å². The molecule has 0 aliphatic carbocycles. The molecule has 0 aromatic heterocycles. The van der Waals surface area contributed by atoms with Gasteiger partial charge in [0.2, 0.25) is 0 Å². The van der Waals surface area contributed by atoms with Gasteiger partial charge in [0.1, 0.15) is 0 Å². The van der Waals surface area contributed by atoms with Gasteiger partial charge in [-0.2, -0.15) is 0 Å². The average molecular weight is 404 g/mol. The van der Waals surface area contributed by atoms with Crippen LogP contribution in [0.3, 0.4) is 0 Å². The van der Waals surface area contributed by atoms with Crippen LogP contribution >= 0.6 is 43.5 Å². The van der Waals surface area contributed by atoms with E-state index in [2.05, 4.69) is 56.2 Å². The van der Waals surface area contributed by atoms with Gasteiger partial charge in [0.05, 0.1) is 0 Å². The molecule has 1 unspecified atom stereocenters. The molecule has 0 aliphatic heterocycles.